The fourth-order valence-electron chi connectivity index (χ4n) is 3.17. The van der Waals surface area contributed by atoms with Crippen molar-refractivity contribution in [3.63, 3.8) is 0 Å². The van der Waals surface area contributed by atoms with Crippen LogP contribution in [0.4, 0.5) is 5.69 Å². The molecule has 0 radical (unpaired) electrons. The Bertz CT molecular complexity index is 1110. The van der Waals surface area contributed by atoms with Crippen molar-refractivity contribution in [3.8, 4) is 0 Å². The number of Topliss-reactive ketones (excluding diaryl/α,β-unsaturated/α-hetero) is 1. The number of nitrogens with zero attached hydrogens (tertiary/aromatic N) is 2. The average molecular weight is 403 g/mol. The van der Waals surface area contributed by atoms with Gasteiger partial charge in [-0.1, -0.05) is 60.1 Å². The van der Waals surface area contributed by atoms with Crippen molar-refractivity contribution in [2.75, 3.05) is 4.90 Å². The zero-order valence-corrected chi connectivity index (χ0v) is 15.9. The molecule has 1 heterocycles. The van der Waals surface area contributed by atoms with Crippen molar-refractivity contribution in [1.82, 2.24) is 0 Å². The number of hydrogen-bond acceptors (Lipinski definition) is 3. The second kappa shape index (κ2) is 7.81. The lowest BCUT2D eigenvalue weighted by atomic mass is 9.93. The highest BCUT2D eigenvalue weighted by Crippen LogP contribution is 2.27. The molecule has 1 aliphatic heterocycles. The first-order valence-corrected chi connectivity index (χ1v) is 9.31. The van der Waals surface area contributed by atoms with Gasteiger partial charge in [0.05, 0.1) is 5.69 Å². The van der Waals surface area contributed by atoms with Gasteiger partial charge in [-0.15, -0.1) is 0 Å². The average Bonchev–Trinajstić information content (AvgIpc) is 2.75. The van der Waals surface area contributed by atoms with E-state index in [1.165, 1.54) is 17.0 Å². The molecule has 0 spiro atoms. The molecule has 3 aromatic carbocycles. The van der Waals surface area contributed by atoms with Gasteiger partial charge in [0, 0.05) is 16.1 Å². The molecular formula is C23H15ClN2O3. The SMILES string of the molecule is O=C1N=C(c2ccccc2)N(c2ccccc2)C(=O)C1C(=O)c1ccc(Cl)cc1. The van der Waals surface area contributed by atoms with E-state index in [0.717, 1.165) is 0 Å². The Morgan fingerprint density at radius 2 is 1.41 bits per heavy atom. The number of rotatable bonds is 4. The first kappa shape index (κ1) is 18.8. The molecule has 1 aliphatic rings. The summed E-state index contributed by atoms with van der Waals surface area (Å²) in [6, 6.07) is 23.8. The molecule has 0 saturated heterocycles. The highest BCUT2D eigenvalue weighted by atomic mass is 35.5. The summed E-state index contributed by atoms with van der Waals surface area (Å²) in [6.07, 6.45) is 0. The molecule has 3 aromatic rings. The van der Waals surface area contributed by atoms with E-state index < -0.39 is 23.5 Å². The van der Waals surface area contributed by atoms with Gasteiger partial charge in [-0.3, -0.25) is 19.3 Å². The summed E-state index contributed by atoms with van der Waals surface area (Å²) in [5.41, 5.74) is 1.37. The number of hydrogen-bond donors (Lipinski definition) is 0. The smallest absolute Gasteiger partial charge is 0.268 e. The maximum absolute atomic E-state index is 13.4. The molecule has 1 atom stereocenters. The van der Waals surface area contributed by atoms with E-state index in [9.17, 15) is 14.4 Å². The number of halogens is 1. The lowest BCUT2D eigenvalue weighted by Crippen LogP contribution is -2.50. The van der Waals surface area contributed by atoms with Crippen molar-refractivity contribution in [2.24, 2.45) is 10.9 Å². The number of carbonyl (C=O) groups is 3. The minimum atomic E-state index is -1.54. The van der Waals surface area contributed by atoms with Crippen LogP contribution in [0.5, 0.6) is 0 Å². The number of aliphatic imine (C=N–C) groups is 1. The molecule has 0 fully saturated rings. The molecule has 29 heavy (non-hydrogen) atoms. The van der Waals surface area contributed by atoms with Crippen LogP contribution in [-0.4, -0.2) is 23.4 Å². The van der Waals surface area contributed by atoms with Crippen LogP contribution in [0.25, 0.3) is 0 Å². The first-order valence-electron chi connectivity index (χ1n) is 8.93. The normalized spacial score (nSPS) is 16.5. The van der Waals surface area contributed by atoms with E-state index in [1.807, 2.05) is 12.1 Å². The Morgan fingerprint density at radius 1 is 0.828 bits per heavy atom. The lowest BCUT2D eigenvalue weighted by molar-refractivity contribution is -0.129. The third kappa shape index (κ3) is 3.60. The van der Waals surface area contributed by atoms with Crippen LogP contribution in [0.1, 0.15) is 15.9 Å². The Balaban J connectivity index is 1.82. The maximum Gasteiger partial charge on any atom is 0.268 e. The minimum absolute atomic E-state index is 0.201. The van der Waals surface area contributed by atoms with Crippen molar-refractivity contribution in [1.29, 1.82) is 0 Å². The van der Waals surface area contributed by atoms with Crippen LogP contribution in [0.15, 0.2) is 89.9 Å². The summed E-state index contributed by atoms with van der Waals surface area (Å²) in [4.78, 5) is 44.6. The zero-order valence-electron chi connectivity index (χ0n) is 15.2. The zero-order chi connectivity index (χ0) is 20.4. The van der Waals surface area contributed by atoms with Gasteiger partial charge in [-0.25, -0.2) is 0 Å². The third-order valence-corrected chi connectivity index (χ3v) is 4.83. The molecule has 1 unspecified atom stereocenters. The fourth-order valence-corrected chi connectivity index (χ4v) is 3.30. The number of ketones is 1. The number of benzene rings is 3. The quantitative estimate of drug-likeness (QED) is 0.486. The van der Waals surface area contributed by atoms with Crippen LogP contribution < -0.4 is 4.90 Å². The fraction of sp³-hybridized carbons (Fsp3) is 0.0435. The molecule has 6 heteroatoms. The second-order valence-electron chi connectivity index (χ2n) is 6.45. The highest BCUT2D eigenvalue weighted by molar-refractivity contribution is 6.39. The largest absolute Gasteiger partial charge is 0.293 e. The van der Waals surface area contributed by atoms with Gasteiger partial charge in [-0.2, -0.15) is 4.99 Å². The van der Waals surface area contributed by atoms with Crippen LogP contribution in [0.2, 0.25) is 5.02 Å². The molecular weight excluding hydrogens is 388 g/mol. The Kier molecular flexibility index (Phi) is 5.06. The van der Waals surface area contributed by atoms with E-state index in [4.69, 9.17) is 11.6 Å². The third-order valence-electron chi connectivity index (χ3n) is 4.58. The molecule has 142 valence electrons. The van der Waals surface area contributed by atoms with Gasteiger partial charge < -0.3 is 0 Å². The minimum Gasteiger partial charge on any atom is -0.293 e. The maximum atomic E-state index is 13.4. The number of amides is 2. The number of anilines is 1. The summed E-state index contributed by atoms with van der Waals surface area (Å²) in [5.74, 6) is -3.35. The summed E-state index contributed by atoms with van der Waals surface area (Å²) in [7, 11) is 0. The number of para-hydroxylation sites is 1. The monoisotopic (exact) mass is 402 g/mol. The predicted octanol–water partition coefficient (Wildman–Crippen LogP) is 4.16. The van der Waals surface area contributed by atoms with Crippen molar-refractivity contribution in [3.05, 3.63) is 101 Å². The summed E-state index contributed by atoms with van der Waals surface area (Å²) in [6.45, 7) is 0. The lowest BCUT2D eigenvalue weighted by Gasteiger charge is -2.30. The van der Waals surface area contributed by atoms with Crippen molar-refractivity contribution < 1.29 is 14.4 Å². The Morgan fingerprint density at radius 3 is 2.03 bits per heavy atom. The van der Waals surface area contributed by atoms with Crippen LogP contribution in [0.3, 0.4) is 0 Å². The summed E-state index contributed by atoms with van der Waals surface area (Å²) < 4.78 is 0. The predicted molar refractivity (Wildman–Crippen MR) is 111 cm³/mol. The van der Waals surface area contributed by atoms with Gasteiger partial charge in [-0.05, 0) is 36.4 Å². The van der Waals surface area contributed by atoms with E-state index in [2.05, 4.69) is 4.99 Å². The van der Waals surface area contributed by atoms with Gasteiger partial charge in [0.2, 0.25) is 0 Å². The van der Waals surface area contributed by atoms with Crippen molar-refractivity contribution in [2.45, 2.75) is 0 Å². The molecule has 0 bridgehead atoms. The molecule has 4 rings (SSSR count). The van der Waals surface area contributed by atoms with E-state index >= 15 is 0 Å². The van der Waals surface area contributed by atoms with E-state index in [1.54, 1.807) is 60.7 Å². The van der Waals surface area contributed by atoms with Crippen LogP contribution in [0, 0.1) is 5.92 Å². The topological polar surface area (TPSA) is 66.8 Å². The summed E-state index contributed by atoms with van der Waals surface area (Å²) >= 11 is 5.87. The van der Waals surface area contributed by atoms with E-state index in [0.29, 0.717) is 16.3 Å². The molecule has 0 saturated carbocycles. The van der Waals surface area contributed by atoms with Crippen LogP contribution >= 0.6 is 11.6 Å². The molecule has 0 aliphatic carbocycles. The molecule has 5 nitrogen and oxygen atoms in total. The first-order chi connectivity index (χ1) is 14.1. The van der Waals surface area contributed by atoms with Crippen molar-refractivity contribution >= 4 is 40.7 Å². The number of carbonyl (C=O) groups excluding carboxylic acids is 3. The van der Waals surface area contributed by atoms with E-state index in [-0.39, 0.29) is 11.4 Å². The van der Waals surface area contributed by atoms with Crippen LogP contribution in [-0.2, 0) is 9.59 Å². The molecule has 2 amide bonds. The second-order valence-corrected chi connectivity index (χ2v) is 6.89. The highest BCUT2D eigenvalue weighted by Gasteiger charge is 2.43. The van der Waals surface area contributed by atoms with Gasteiger partial charge >= 0.3 is 0 Å². The van der Waals surface area contributed by atoms with Gasteiger partial charge in [0.1, 0.15) is 0 Å². The summed E-state index contributed by atoms with van der Waals surface area (Å²) in [5, 5.41) is 0.457. The molecule has 0 aromatic heterocycles. The van der Waals surface area contributed by atoms with Gasteiger partial charge in [0.15, 0.2) is 17.5 Å². The Labute approximate surface area is 172 Å². The van der Waals surface area contributed by atoms with Gasteiger partial charge in [0.25, 0.3) is 11.8 Å². The Hall–Kier alpha value is -3.57. The number of amidine groups is 1. The standard InChI is InChI=1S/C23H15ClN2O3/c24-17-13-11-15(12-14-17)20(27)19-22(28)25-21(16-7-3-1-4-8-16)26(23(19)29)18-9-5-2-6-10-18/h1-14,19H. The molecule has 0 N–H and O–H groups in total.